The van der Waals surface area contributed by atoms with Crippen LogP contribution >= 0.6 is 0 Å². The number of rotatable bonds is 24. The first-order chi connectivity index (χ1) is 36.8. The van der Waals surface area contributed by atoms with Gasteiger partial charge in [-0.25, -0.2) is 0 Å². The Balaban J connectivity index is 0.000000369. The number of ether oxygens (including phenoxy) is 3. The number of hydrogen-bond acceptors (Lipinski definition) is 16. The molecule has 2 saturated heterocycles. The first kappa shape index (κ1) is 67.0. The van der Waals surface area contributed by atoms with Crippen LogP contribution < -0.4 is 31.9 Å². The molecule has 7 N–H and O–H groups in total. The molecule has 430 valence electrons. The standard InChI is InChI=1S/C19H28N4O7.C12H20N2O4.C11H18N2O3.2C7H8/c1-10(2)5-12(16(26)19(4)9-29-19)21-15(25)7-20-17(27)14(8-24)22-18(28)13-6-11(3)30-23-13;1-8(2)4-9(11(17)12(3)6-18-12)14-10(16)5-13-7-15;1-7(2)10-5-9(13-16-10)11(14)12-8(3)6-15-4;2*1-7-5-3-2-4-6-7/h6,10,12,14,24H,5,7-9H2,1-4H3,(H,20,27)(H,21,25)(H,22,28);7-9H,4-6H2,1-3H3,(H,13,15)(H,14,16);5,7-8H,6H2,1-4H3,(H,12,14);2*2-6H,1H3/t12-,14-,19+;9-,12+;8-;;/m001../s1. The van der Waals surface area contributed by atoms with Crippen LogP contribution in [0.1, 0.15) is 125 Å². The molecule has 0 unspecified atom stereocenters. The first-order valence-corrected chi connectivity index (χ1v) is 25.8. The fraction of sp³-hybridized carbons (Fsp3) is 0.536. The molecule has 0 spiro atoms. The van der Waals surface area contributed by atoms with Gasteiger partial charge in [0.1, 0.15) is 28.8 Å². The van der Waals surface area contributed by atoms with Gasteiger partial charge < -0.3 is 60.3 Å². The Morgan fingerprint density at radius 3 is 1.46 bits per heavy atom. The normalized spacial score (nSPS) is 17.1. The van der Waals surface area contributed by atoms with E-state index in [0.29, 0.717) is 56.3 Å². The van der Waals surface area contributed by atoms with Crippen molar-refractivity contribution in [1.82, 2.24) is 42.2 Å². The van der Waals surface area contributed by atoms with E-state index in [0.717, 1.165) is 0 Å². The zero-order chi connectivity index (χ0) is 58.6. The molecule has 6 amide bonds. The summed E-state index contributed by atoms with van der Waals surface area (Å²) in [5, 5.41) is 31.6. The Morgan fingerprint density at radius 1 is 0.654 bits per heavy atom. The van der Waals surface area contributed by atoms with Crippen LogP contribution in [0.5, 0.6) is 0 Å². The highest BCUT2D eigenvalue weighted by atomic mass is 16.6. The smallest absolute Gasteiger partial charge is 0.274 e. The minimum Gasteiger partial charge on any atom is -0.394 e. The van der Waals surface area contributed by atoms with Gasteiger partial charge in [0.05, 0.1) is 51.6 Å². The minimum absolute atomic E-state index is 0.0395. The molecule has 0 bridgehead atoms. The molecular formula is C56H82N8O14. The van der Waals surface area contributed by atoms with E-state index in [4.69, 9.17) is 23.3 Å². The highest BCUT2D eigenvalue weighted by Gasteiger charge is 2.51. The van der Waals surface area contributed by atoms with Crippen LogP contribution in [0.4, 0.5) is 0 Å². The molecule has 0 saturated carbocycles. The van der Waals surface area contributed by atoms with Crippen molar-refractivity contribution >= 4 is 47.5 Å². The number of nitrogens with one attached hydrogen (secondary N) is 6. The van der Waals surface area contributed by atoms with Crippen molar-refractivity contribution in [3.8, 4) is 0 Å². The number of hydrogen-bond donors (Lipinski definition) is 7. The third-order valence-corrected chi connectivity index (χ3v) is 11.4. The molecule has 4 aromatic rings. The third-order valence-electron chi connectivity index (χ3n) is 11.4. The SMILES string of the molecule is CC(C)C[C@H](NC(=O)CNC=O)C(=O)[C@@]1(C)CO1.COC[C@@H](C)NC(=O)c1cc(C(C)C)on1.Cc1cc(C(=O)N[C@@H](CO)C(=O)NCC(=O)N[C@@H](CC(C)C)C(=O)[C@@]2(C)CO2)no1.Cc1ccccc1.Cc1ccccc1. The van der Waals surface area contributed by atoms with Crippen LogP contribution in [-0.2, 0) is 43.0 Å². The maximum Gasteiger partial charge on any atom is 0.274 e. The second-order valence-electron chi connectivity index (χ2n) is 20.4. The quantitative estimate of drug-likeness (QED) is 0.0381. The monoisotopic (exact) mass is 1090 g/mol. The molecule has 4 heterocycles. The lowest BCUT2D eigenvalue weighted by Crippen LogP contribution is -2.53. The van der Waals surface area contributed by atoms with Gasteiger partial charge in [-0.1, -0.05) is 124 Å². The Morgan fingerprint density at radius 2 is 1.10 bits per heavy atom. The number of carbonyl (C=O) groups is 8. The van der Waals surface area contributed by atoms with Gasteiger partial charge in [-0.15, -0.1) is 0 Å². The number of benzene rings is 2. The molecule has 0 radical (unpaired) electrons. The van der Waals surface area contributed by atoms with Crippen molar-refractivity contribution in [1.29, 1.82) is 0 Å². The summed E-state index contributed by atoms with van der Waals surface area (Å²) in [6.07, 6.45) is 1.44. The van der Waals surface area contributed by atoms with Crippen molar-refractivity contribution < 1.29 is 66.7 Å². The minimum atomic E-state index is -1.28. The zero-order valence-electron chi connectivity index (χ0n) is 47.4. The van der Waals surface area contributed by atoms with Gasteiger partial charge >= 0.3 is 0 Å². The number of ketones is 2. The number of aryl methyl sites for hydroxylation is 3. The van der Waals surface area contributed by atoms with Gasteiger partial charge in [0.2, 0.25) is 24.1 Å². The molecular weight excluding hydrogens is 1010 g/mol. The molecule has 6 atom stereocenters. The van der Waals surface area contributed by atoms with Crippen molar-refractivity contribution in [3.63, 3.8) is 0 Å². The van der Waals surface area contributed by atoms with E-state index in [1.54, 1.807) is 33.9 Å². The molecule has 2 aromatic heterocycles. The van der Waals surface area contributed by atoms with Gasteiger partial charge in [0.15, 0.2) is 23.0 Å². The number of amides is 6. The topological polar surface area (TPSA) is 315 Å². The van der Waals surface area contributed by atoms with E-state index in [-0.39, 0.29) is 59.4 Å². The summed E-state index contributed by atoms with van der Waals surface area (Å²) in [6.45, 7) is 22.8. The molecule has 0 aliphatic carbocycles. The predicted octanol–water partition coefficient (Wildman–Crippen LogP) is 4.25. The number of aliphatic hydroxyl groups is 1. The Bertz CT molecular complexity index is 2450. The van der Waals surface area contributed by atoms with Gasteiger partial charge in [0.25, 0.3) is 11.8 Å². The van der Waals surface area contributed by atoms with Gasteiger partial charge in [-0.05, 0) is 66.2 Å². The van der Waals surface area contributed by atoms with Crippen LogP contribution in [0.2, 0.25) is 0 Å². The van der Waals surface area contributed by atoms with Crippen molar-refractivity contribution in [3.05, 3.63) is 107 Å². The number of aromatic nitrogens is 2. The van der Waals surface area contributed by atoms with Crippen molar-refractivity contribution in [2.75, 3.05) is 46.6 Å². The molecule has 2 aliphatic rings. The van der Waals surface area contributed by atoms with Gasteiger partial charge in [-0.3, -0.25) is 38.4 Å². The van der Waals surface area contributed by atoms with E-state index >= 15 is 0 Å². The Labute approximate surface area is 457 Å². The van der Waals surface area contributed by atoms with Crippen LogP contribution in [-0.4, -0.2) is 145 Å². The predicted molar refractivity (Wildman–Crippen MR) is 290 cm³/mol. The lowest BCUT2D eigenvalue weighted by Gasteiger charge is -2.22. The van der Waals surface area contributed by atoms with Gasteiger partial charge in [-0.2, -0.15) is 0 Å². The molecule has 2 aliphatic heterocycles. The largest absolute Gasteiger partial charge is 0.394 e. The summed E-state index contributed by atoms with van der Waals surface area (Å²) >= 11 is 0. The van der Waals surface area contributed by atoms with Crippen LogP contribution in [0, 0.1) is 32.6 Å². The number of nitrogens with zero attached hydrogens (tertiary/aromatic N) is 2. The molecule has 22 heteroatoms. The second-order valence-corrected chi connectivity index (χ2v) is 20.4. The van der Waals surface area contributed by atoms with E-state index in [1.165, 1.54) is 17.2 Å². The van der Waals surface area contributed by atoms with Crippen LogP contribution in [0.15, 0.2) is 81.8 Å². The molecule has 2 fully saturated rings. The summed E-state index contributed by atoms with van der Waals surface area (Å²) < 4.78 is 25.0. The number of epoxide rings is 2. The number of aliphatic hydroxyl groups excluding tert-OH is 1. The number of methoxy groups -OCH3 is 1. The fourth-order valence-electron chi connectivity index (χ4n) is 6.79. The van der Waals surface area contributed by atoms with Gasteiger partial charge in [0, 0.05) is 31.2 Å². The molecule has 2 aromatic carbocycles. The lowest BCUT2D eigenvalue weighted by atomic mass is 9.93. The van der Waals surface area contributed by atoms with E-state index in [2.05, 4.69) is 80.3 Å². The number of carbonyl (C=O) groups excluding carboxylic acids is 8. The highest BCUT2D eigenvalue weighted by Crippen LogP contribution is 2.30. The molecule has 6 rings (SSSR count). The Hall–Kier alpha value is -7.14. The van der Waals surface area contributed by atoms with E-state index < -0.39 is 60.2 Å². The van der Waals surface area contributed by atoms with Crippen LogP contribution in [0.25, 0.3) is 0 Å². The summed E-state index contributed by atoms with van der Waals surface area (Å²) in [7, 11) is 1.59. The highest BCUT2D eigenvalue weighted by molar-refractivity contribution is 5.99. The van der Waals surface area contributed by atoms with E-state index in [1.807, 2.05) is 84.9 Å². The lowest BCUT2D eigenvalue weighted by molar-refractivity contribution is -0.131. The summed E-state index contributed by atoms with van der Waals surface area (Å²) in [5.74, 6) is -1.16. The maximum atomic E-state index is 12.5. The average Bonchev–Trinajstić information content (AvgIpc) is 4.19. The third kappa shape index (κ3) is 25.8. The Kier molecular flexibility index (Phi) is 29.1. The number of Topliss-reactive ketones (excluding diaryl/α,β-unsaturated/α-hetero) is 2. The average molecular weight is 1090 g/mol. The first-order valence-electron chi connectivity index (χ1n) is 25.8. The summed E-state index contributed by atoms with van der Waals surface area (Å²) in [6, 6.07) is 21.0. The molecule has 78 heavy (non-hydrogen) atoms. The molecule has 22 nitrogen and oxygen atoms in total. The summed E-state index contributed by atoms with van der Waals surface area (Å²) in [5.41, 5.74) is 1.30. The maximum absolute atomic E-state index is 12.5. The van der Waals surface area contributed by atoms with Crippen molar-refractivity contribution in [2.24, 2.45) is 11.8 Å². The van der Waals surface area contributed by atoms with E-state index in [9.17, 15) is 43.5 Å². The van der Waals surface area contributed by atoms with Crippen LogP contribution in [0.3, 0.4) is 0 Å². The zero-order valence-corrected chi connectivity index (χ0v) is 47.4. The van der Waals surface area contributed by atoms with Crippen molar-refractivity contribution in [2.45, 2.75) is 137 Å². The fourth-order valence-corrected chi connectivity index (χ4v) is 6.79. The second kappa shape index (κ2) is 33.9. The summed E-state index contributed by atoms with van der Waals surface area (Å²) in [4.78, 5) is 94.5.